The molecule has 0 amide bonds. The van der Waals surface area contributed by atoms with Crippen LogP contribution in [0.4, 0.5) is 0 Å². The second kappa shape index (κ2) is 7.38. The molecule has 1 unspecified atom stereocenters. The number of nitrogens with zero attached hydrogens (tertiary/aromatic N) is 2. The standard InChI is InChI=1S/C23H26N2O/c1-18-9-11-19(12-10-18)17-25-15-5-14-24-13-4-8-22(24)23(25)20-6-3-7-21(16-20)26-2/h3-4,6-13,16,23H,5,14-15,17H2,1-2H3. The molecule has 3 aromatic rings. The highest BCUT2D eigenvalue weighted by Gasteiger charge is 2.27. The van der Waals surface area contributed by atoms with Crippen LogP contribution in [0.3, 0.4) is 0 Å². The van der Waals surface area contributed by atoms with Crippen LogP contribution in [0.25, 0.3) is 0 Å². The third kappa shape index (κ3) is 3.40. The zero-order valence-corrected chi connectivity index (χ0v) is 15.6. The zero-order valence-electron chi connectivity index (χ0n) is 15.6. The first-order valence-corrected chi connectivity index (χ1v) is 9.33. The van der Waals surface area contributed by atoms with Crippen LogP contribution in [0.5, 0.6) is 5.75 Å². The number of methoxy groups -OCH3 is 1. The molecule has 2 aromatic carbocycles. The van der Waals surface area contributed by atoms with E-state index < -0.39 is 0 Å². The van der Waals surface area contributed by atoms with E-state index in [1.54, 1.807) is 7.11 Å². The molecular formula is C23H26N2O. The molecular weight excluding hydrogens is 320 g/mol. The van der Waals surface area contributed by atoms with Crippen molar-refractivity contribution in [2.45, 2.75) is 32.5 Å². The maximum Gasteiger partial charge on any atom is 0.119 e. The summed E-state index contributed by atoms with van der Waals surface area (Å²) in [7, 11) is 1.74. The van der Waals surface area contributed by atoms with Gasteiger partial charge in [0.15, 0.2) is 0 Å². The second-order valence-electron chi connectivity index (χ2n) is 7.12. The molecule has 134 valence electrons. The first-order chi connectivity index (χ1) is 12.7. The molecule has 0 radical (unpaired) electrons. The Morgan fingerprint density at radius 2 is 1.85 bits per heavy atom. The van der Waals surface area contributed by atoms with E-state index in [4.69, 9.17) is 4.74 Å². The molecule has 3 heteroatoms. The largest absolute Gasteiger partial charge is 0.497 e. The molecule has 26 heavy (non-hydrogen) atoms. The molecule has 0 spiro atoms. The van der Waals surface area contributed by atoms with Gasteiger partial charge in [-0.2, -0.15) is 0 Å². The summed E-state index contributed by atoms with van der Waals surface area (Å²) < 4.78 is 7.89. The lowest BCUT2D eigenvalue weighted by atomic mass is 10.0. The summed E-state index contributed by atoms with van der Waals surface area (Å²) in [5, 5.41) is 0. The van der Waals surface area contributed by atoms with E-state index in [1.165, 1.54) is 22.4 Å². The van der Waals surface area contributed by atoms with Gasteiger partial charge < -0.3 is 9.30 Å². The Kier molecular flexibility index (Phi) is 4.81. The van der Waals surface area contributed by atoms with Gasteiger partial charge in [-0.25, -0.2) is 0 Å². The van der Waals surface area contributed by atoms with E-state index in [-0.39, 0.29) is 6.04 Å². The average Bonchev–Trinajstić information content (AvgIpc) is 3.05. The lowest BCUT2D eigenvalue weighted by Crippen LogP contribution is -2.29. The van der Waals surface area contributed by atoms with Gasteiger partial charge in [0.1, 0.15) is 5.75 Å². The molecule has 0 bridgehead atoms. The van der Waals surface area contributed by atoms with Gasteiger partial charge in [-0.1, -0.05) is 42.0 Å². The van der Waals surface area contributed by atoms with Crippen molar-refractivity contribution in [2.75, 3.05) is 13.7 Å². The summed E-state index contributed by atoms with van der Waals surface area (Å²) in [5.74, 6) is 0.917. The minimum Gasteiger partial charge on any atom is -0.497 e. The van der Waals surface area contributed by atoms with Crippen molar-refractivity contribution in [3.63, 3.8) is 0 Å². The molecule has 1 aliphatic heterocycles. The van der Waals surface area contributed by atoms with Gasteiger partial charge in [0, 0.05) is 31.5 Å². The SMILES string of the molecule is COc1cccc(C2c3cccn3CCCN2Cc2ccc(C)cc2)c1. The van der Waals surface area contributed by atoms with Crippen molar-refractivity contribution in [1.29, 1.82) is 0 Å². The summed E-state index contributed by atoms with van der Waals surface area (Å²) in [5.41, 5.74) is 5.33. The zero-order chi connectivity index (χ0) is 17.9. The Labute approximate surface area is 155 Å². The molecule has 0 saturated carbocycles. The van der Waals surface area contributed by atoms with Crippen LogP contribution in [-0.2, 0) is 13.1 Å². The van der Waals surface area contributed by atoms with Crippen molar-refractivity contribution < 1.29 is 4.74 Å². The molecule has 0 aliphatic carbocycles. The van der Waals surface area contributed by atoms with Gasteiger partial charge in [-0.05, 0) is 48.7 Å². The second-order valence-corrected chi connectivity index (χ2v) is 7.12. The molecule has 1 aliphatic rings. The third-order valence-corrected chi connectivity index (χ3v) is 5.27. The van der Waals surface area contributed by atoms with Crippen LogP contribution >= 0.6 is 0 Å². The smallest absolute Gasteiger partial charge is 0.119 e. The van der Waals surface area contributed by atoms with Gasteiger partial charge in [0.05, 0.1) is 13.2 Å². The highest BCUT2D eigenvalue weighted by Crippen LogP contribution is 2.34. The van der Waals surface area contributed by atoms with Gasteiger partial charge >= 0.3 is 0 Å². The number of hydrogen-bond donors (Lipinski definition) is 0. The summed E-state index contributed by atoms with van der Waals surface area (Å²) in [6.45, 7) is 5.25. The van der Waals surface area contributed by atoms with Crippen molar-refractivity contribution in [3.8, 4) is 5.75 Å². The molecule has 1 atom stereocenters. The first kappa shape index (κ1) is 16.9. The van der Waals surface area contributed by atoms with Crippen LogP contribution in [-0.4, -0.2) is 23.1 Å². The van der Waals surface area contributed by atoms with Crippen LogP contribution in [0, 0.1) is 6.92 Å². The number of aromatic nitrogens is 1. The molecule has 4 rings (SSSR count). The van der Waals surface area contributed by atoms with E-state index >= 15 is 0 Å². The first-order valence-electron chi connectivity index (χ1n) is 9.33. The number of benzene rings is 2. The van der Waals surface area contributed by atoms with Gasteiger partial charge in [0.25, 0.3) is 0 Å². The van der Waals surface area contributed by atoms with E-state index in [1.807, 2.05) is 6.07 Å². The Hall–Kier alpha value is -2.52. The van der Waals surface area contributed by atoms with E-state index in [0.29, 0.717) is 0 Å². The Balaban J connectivity index is 1.73. The summed E-state index contributed by atoms with van der Waals surface area (Å²) >= 11 is 0. The summed E-state index contributed by atoms with van der Waals surface area (Å²) in [4.78, 5) is 2.60. The summed E-state index contributed by atoms with van der Waals surface area (Å²) in [6, 6.07) is 22.1. The molecule has 2 heterocycles. The molecule has 0 saturated heterocycles. The van der Waals surface area contributed by atoms with Gasteiger partial charge in [0.2, 0.25) is 0 Å². The van der Waals surface area contributed by atoms with Gasteiger partial charge in [-0.15, -0.1) is 0 Å². The lowest BCUT2D eigenvalue weighted by Gasteiger charge is -2.31. The normalized spacial score (nSPS) is 17.5. The quantitative estimate of drug-likeness (QED) is 0.675. The third-order valence-electron chi connectivity index (χ3n) is 5.27. The Morgan fingerprint density at radius 1 is 1.00 bits per heavy atom. The van der Waals surface area contributed by atoms with Crippen molar-refractivity contribution in [2.24, 2.45) is 0 Å². The van der Waals surface area contributed by atoms with E-state index in [0.717, 1.165) is 31.8 Å². The minimum atomic E-state index is 0.240. The van der Waals surface area contributed by atoms with Crippen LogP contribution in [0.2, 0.25) is 0 Å². The number of rotatable bonds is 4. The van der Waals surface area contributed by atoms with Crippen LogP contribution in [0.15, 0.2) is 66.9 Å². The number of aryl methyl sites for hydroxylation is 2. The lowest BCUT2D eigenvalue weighted by molar-refractivity contribution is 0.220. The fraction of sp³-hybridized carbons (Fsp3) is 0.304. The highest BCUT2D eigenvalue weighted by molar-refractivity contribution is 5.36. The fourth-order valence-corrected chi connectivity index (χ4v) is 3.93. The topological polar surface area (TPSA) is 17.4 Å². The molecule has 0 N–H and O–H groups in total. The number of hydrogen-bond acceptors (Lipinski definition) is 2. The van der Waals surface area contributed by atoms with Crippen molar-refractivity contribution >= 4 is 0 Å². The van der Waals surface area contributed by atoms with Crippen molar-refractivity contribution in [3.05, 3.63) is 89.2 Å². The molecule has 1 aromatic heterocycles. The monoisotopic (exact) mass is 346 g/mol. The fourth-order valence-electron chi connectivity index (χ4n) is 3.93. The van der Waals surface area contributed by atoms with Crippen LogP contribution < -0.4 is 4.74 Å². The Morgan fingerprint density at radius 3 is 2.65 bits per heavy atom. The maximum atomic E-state index is 5.49. The molecule has 3 nitrogen and oxygen atoms in total. The summed E-state index contributed by atoms with van der Waals surface area (Å²) in [6.07, 6.45) is 3.37. The predicted octanol–water partition coefficient (Wildman–Crippen LogP) is 4.80. The average molecular weight is 346 g/mol. The highest BCUT2D eigenvalue weighted by atomic mass is 16.5. The van der Waals surface area contributed by atoms with E-state index in [9.17, 15) is 0 Å². The minimum absolute atomic E-state index is 0.240. The van der Waals surface area contributed by atoms with E-state index in [2.05, 4.69) is 77.2 Å². The van der Waals surface area contributed by atoms with Crippen LogP contribution in [0.1, 0.15) is 34.8 Å². The number of fused-ring (bicyclic) bond motifs is 1. The maximum absolute atomic E-state index is 5.49. The predicted molar refractivity (Wildman–Crippen MR) is 105 cm³/mol. The number of ether oxygens (including phenoxy) is 1. The van der Waals surface area contributed by atoms with Gasteiger partial charge in [-0.3, -0.25) is 4.90 Å². The van der Waals surface area contributed by atoms with Crippen molar-refractivity contribution in [1.82, 2.24) is 9.47 Å². The Bertz CT molecular complexity index is 866. The molecule has 0 fully saturated rings.